The van der Waals surface area contributed by atoms with Crippen LogP contribution in [0.5, 0.6) is 5.75 Å². The Morgan fingerprint density at radius 1 is 1.03 bits per heavy atom. The number of pyridine rings is 1. The molecule has 1 aromatic rings. The van der Waals surface area contributed by atoms with Crippen LogP contribution in [0.3, 0.4) is 0 Å². The number of aromatic nitrogens is 1. The van der Waals surface area contributed by atoms with Crippen LogP contribution in [-0.4, -0.2) is 107 Å². The number of ether oxygens (including phenoxy) is 2. The standard InChI is InChI=1S/C20H30N4O7S/c25-15-30-14-24-7-5-22(12-19(26)27)4-6-23(13-20(28)29)11-17-18(31-8-1-9-32)3-2-16(10-24)21-17/h2-3,15,32H,1,4-14H2,(H,26,27)(H,28,29). The van der Waals surface area contributed by atoms with Crippen LogP contribution in [0, 0.1) is 0 Å². The van der Waals surface area contributed by atoms with Gasteiger partial charge in [0.1, 0.15) is 12.5 Å². The van der Waals surface area contributed by atoms with E-state index in [-0.39, 0.29) is 26.4 Å². The Morgan fingerprint density at radius 3 is 2.34 bits per heavy atom. The molecule has 0 atom stereocenters. The van der Waals surface area contributed by atoms with Crippen LogP contribution in [-0.2, 0) is 32.2 Å². The highest BCUT2D eigenvalue weighted by Crippen LogP contribution is 2.21. The molecule has 11 nitrogen and oxygen atoms in total. The van der Waals surface area contributed by atoms with Gasteiger partial charge in [-0.1, -0.05) is 0 Å². The third-order valence-corrected chi connectivity index (χ3v) is 5.13. The minimum absolute atomic E-state index is 0.0484. The summed E-state index contributed by atoms with van der Waals surface area (Å²) in [5, 5.41) is 18.6. The molecule has 1 aliphatic heterocycles. The molecular weight excluding hydrogens is 440 g/mol. The van der Waals surface area contributed by atoms with Gasteiger partial charge in [-0.15, -0.1) is 0 Å². The molecule has 0 fully saturated rings. The molecule has 2 heterocycles. The largest absolute Gasteiger partial charge is 0.492 e. The molecule has 1 aromatic heterocycles. The van der Waals surface area contributed by atoms with Crippen LogP contribution in [0.4, 0.5) is 0 Å². The summed E-state index contributed by atoms with van der Waals surface area (Å²) < 4.78 is 10.8. The highest BCUT2D eigenvalue weighted by molar-refractivity contribution is 7.80. The topological polar surface area (TPSA) is 133 Å². The number of hydrogen-bond acceptors (Lipinski definition) is 10. The second kappa shape index (κ2) is 13.9. The molecule has 1 aliphatic rings. The predicted molar refractivity (Wildman–Crippen MR) is 118 cm³/mol. The van der Waals surface area contributed by atoms with Gasteiger partial charge in [0.05, 0.1) is 31.1 Å². The molecule has 0 saturated carbocycles. The summed E-state index contributed by atoms with van der Waals surface area (Å²) in [5.74, 6) is -0.699. The lowest BCUT2D eigenvalue weighted by Gasteiger charge is -2.29. The zero-order valence-electron chi connectivity index (χ0n) is 17.9. The van der Waals surface area contributed by atoms with Gasteiger partial charge in [0.2, 0.25) is 0 Å². The first-order valence-electron chi connectivity index (χ1n) is 10.3. The first-order valence-corrected chi connectivity index (χ1v) is 10.9. The molecule has 0 radical (unpaired) electrons. The monoisotopic (exact) mass is 470 g/mol. The maximum atomic E-state index is 11.4. The van der Waals surface area contributed by atoms with Gasteiger partial charge in [-0.05, 0) is 24.3 Å². The van der Waals surface area contributed by atoms with E-state index in [1.54, 1.807) is 9.80 Å². The first-order chi connectivity index (χ1) is 15.4. The normalized spacial score (nSPS) is 16.5. The van der Waals surface area contributed by atoms with Crippen molar-refractivity contribution in [3.63, 3.8) is 0 Å². The minimum Gasteiger partial charge on any atom is -0.492 e. The zero-order valence-corrected chi connectivity index (χ0v) is 18.8. The van der Waals surface area contributed by atoms with Crippen molar-refractivity contribution < 1.29 is 34.1 Å². The fraction of sp³-hybridized carbons (Fsp3) is 0.600. The van der Waals surface area contributed by atoms with Gasteiger partial charge in [-0.25, -0.2) is 0 Å². The molecule has 0 aliphatic carbocycles. The molecule has 0 aromatic carbocycles. The smallest absolute Gasteiger partial charge is 0.317 e. The number of carbonyl (C=O) groups is 3. The van der Waals surface area contributed by atoms with Crippen molar-refractivity contribution in [1.29, 1.82) is 0 Å². The summed E-state index contributed by atoms with van der Waals surface area (Å²) in [6.45, 7) is 2.66. The maximum absolute atomic E-state index is 11.4. The van der Waals surface area contributed by atoms with Crippen molar-refractivity contribution in [2.45, 2.75) is 19.5 Å². The van der Waals surface area contributed by atoms with E-state index in [0.717, 1.165) is 6.42 Å². The average Bonchev–Trinajstić information content (AvgIpc) is 2.73. The Labute approximate surface area is 192 Å². The Kier molecular flexibility index (Phi) is 11.2. The Hall–Kier alpha value is -2.41. The lowest BCUT2D eigenvalue weighted by atomic mass is 10.2. The molecule has 32 heavy (non-hydrogen) atoms. The fourth-order valence-corrected chi connectivity index (χ4v) is 3.44. The summed E-state index contributed by atoms with van der Waals surface area (Å²) >= 11 is 4.19. The van der Waals surface area contributed by atoms with E-state index in [2.05, 4.69) is 12.6 Å². The summed E-state index contributed by atoms with van der Waals surface area (Å²) in [7, 11) is 0. The number of rotatable bonds is 11. The molecule has 2 bridgehead atoms. The number of nitrogens with zero attached hydrogens (tertiary/aromatic N) is 4. The summed E-state index contributed by atoms with van der Waals surface area (Å²) in [5.41, 5.74) is 1.31. The molecule has 0 spiro atoms. The maximum Gasteiger partial charge on any atom is 0.317 e. The van der Waals surface area contributed by atoms with E-state index in [9.17, 15) is 24.6 Å². The molecule has 0 unspecified atom stereocenters. The van der Waals surface area contributed by atoms with Crippen molar-refractivity contribution in [2.75, 3.05) is 58.4 Å². The highest BCUT2D eigenvalue weighted by Gasteiger charge is 2.20. The van der Waals surface area contributed by atoms with E-state index >= 15 is 0 Å². The van der Waals surface area contributed by atoms with E-state index in [4.69, 9.17) is 14.5 Å². The molecule has 0 amide bonds. The number of thiol groups is 1. The van der Waals surface area contributed by atoms with Crippen LogP contribution in [0.25, 0.3) is 0 Å². The average molecular weight is 471 g/mol. The van der Waals surface area contributed by atoms with Crippen LogP contribution < -0.4 is 4.74 Å². The van der Waals surface area contributed by atoms with Crippen molar-refractivity contribution in [1.82, 2.24) is 19.7 Å². The predicted octanol–water partition coefficient (Wildman–Crippen LogP) is -0.000400. The summed E-state index contributed by atoms with van der Waals surface area (Å²) in [6.07, 6.45) is 0.754. The van der Waals surface area contributed by atoms with Gasteiger partial charge in [0.15, 0.2) is 0 Å². The van der Waals surface area contributed by atoms with E-state index in [0.29, 0.717) is 68.7 Å². The number of hydrogen-bond donors (Lipinski definition) is 3. The molecular formula is C20H30N4O7S. The van der Waals surface area contributed by atoms with Crippen LogP contribution >= 0.6 is 12.6 Å². The summed E-state index contributed by atoms with van der Waals surface area (Å²) in [4.78, 5) is 43.4. The van der Waals surface area contributed by atoms with Crippen LogP contribution in [0.1, 0.15) is 17.8 Å². The number of carboxylic acids is 2. The zero-order chi connectivity index (χ0) is 23.3. The third kappa shape index (κ3) is 9.39. The highest BCUT2D eigenvalue weighted by atomic mass is 32.1. The minimum atomic E-state index is -0.979. The SMILES string of the molecule is O=COCN1CCN(CC(=O)O)CCN(CC(=O)O)Cc2nc(ccc2OCCCS)C1. The fourth-order valence-electron chi connectivity index (χ4n) is 3.31. The van der Waals surface area contributed by atoms with Crippen molar-refractivity contribution in [2.24, 2.45) is 0 Å². The lowest BCUT2D eigenvalue weighted by Crippen LogP contribution is -2.43. The van der Waals surface area contributed by atoms with Gasteiger partial charge < -0.3 is 19.7 Å². The third-order valence-electron chi connectivity index (χ3n) is 4.82. The van der Waals surface area contributed by atoms with E-state index in [1.807, 2.05) is 17.0 Å². The van der Waals surface area contributed by atoms with Gasteiger partial charge in [0.25, 0.3) is 6.47 Å². The second-order valence-electron chi connectivity index (χ2n) is 7.39. The number of carbonyl (C=O) groups excluding carboxylic acids is 1. The van der Waals surface area contributed by atoms with E-state index < -0.39 is 11.9 Å². The second-order valence-corrected chi connectivity index (χ2v) is 7.84. The van der Waals surface area contributed by atoms with Gasteiger partial charge in [0, 0.05) is 39.3 Å². The number of fused-ring (bicyclic) bond motifs is 2. The number of aliphatic carboxylic acids is 2. The quantitative estimate of drug-likeness (QED) is 0.229. The molecule has 2 N–H and O–H groups in total. The van der Waals surface area contributed by atoms with Gasteiger partial charge >= 0.3 is 11.9 Å². The number of carboxylic acid groups (broad SMARTS) is 2. The Morgan fingerprint density at radius 2 is 1.69 bits per heavy atom. The first kappa shape index (κ1) is 25.8. The van der Waals surface area contributed by atoms with Gasteiger partial charge in [-0.3, -0.25) is 34.1 Å². The van der Waals surface area contributed by atoms with Crippen LogP contribution in [0.2, 0.25) is 0 Å². The molecule has 2 rings (SSSR count). The Bertz CT molecular complexity index is 767. The summed E-state index contributed by atoms with van der Waals surface area (Å²) in [6, 6.07) is 3.63. The van der Waals surface area contributed by atoms with Crippen molar-refractivity contribution >= 4 is 31.0 Å². The molecule has 0 saturated heterocycles. The lowest BCUT2D eigenvalue weighted by molar-refractivity contribution is -0.140. The Balaban J connectivity index is 2.32. The van der Waals surface area contributed by atoms with E-state index in [1.165, 1.54) is 0 Å². The van der Waals surface area contributed by atoms with Gasteiger partial charge in [-0.2, -0.15) is 12.6 Å². The molecule has 178 valence electrons. The van der Waals surface area contributed by atoms with Crippen molar-refractivity contribution in [3.8, 4) is 5.75 Å². The molecule has 12 heteroatoms. The van der Waals surface area contributed by atoms with Crippen LogP contribution in [0.15, 0.2) is 12.1 Å². The van der Waals surface area contributed by atoms with Crippen molar-refractivity contribution in [3.05, 3.63) is 23.5 Å².